The minimum Gasteiger partial charge on any atom is -0.486 e. The van der Waals surface area contributed by atoms with Crippen LogP contribution in [0.25, 0.3) is 22.6 Å². The highest BCUT2D eigenvalue weighted by Gasteiger charge is 2.15. The van der Waals surface area contributed by atoms with E-state index >= 15 is 0 Å². The number of hydrogen-bond donors (Lipinski definition) is 3. The average Bonchev–Trinajstić information content (AvgIpc) is 2.91. The predicted octanol–water partition coefficient (Wildman–Crippen LogP) is 0.378. The van der Waals surface area contributed by atoms with Gasteiger partial charge in [-0.1, -0.05) is 0 Å². The van der Waals surface area contributed by atoms with E-state index in [4.69, 9.17) is 9.47 Å². The lowest BCUT2D eigenvalue weighted by Crippen LogP contribution is -2.21. The first kappa shape index (κ1) is 11.8. The van der Waals surface area contributed by atoms with Crippen LogP contribution in [0, 0.1) is 0 Å². The van der Waals surface area contributed by atoms with Gasteiger partial charge in [-0.05, 0) is 18.2 Å². The Hall–Kier alpha value is -3.03. The molecule has 3 N–H and O–H groups in total. The Balaban J connectivity index is 1.88. The van der Waals surface area contributed by atoms with Gasteiger partial charge in [0.25, 0.3) is 5.56 Å². The molecule has 0 saturated carbocycles. The molecule has 4 rings (SSSR count). The van der Waals surface area contributed by atoms with Crippen LogP contribution in [0.4, 0.5) is 0 Å². The maximum Gasteiger partial charge on any atom is 0.327 e. The standard InChI is InChI=1S/C13H10N4O4/c18-12-9-11(16-13(19)17-12)15-10(14-9)6-1-2-7-8(5-6)21-4-3-20-7/h1-2,5H,3-4H2,(H3,14,15,16,17,18,19). The third-order valence-electron chi connectivity index (χ3n) is 3.21. The summed E-state index contributed by atoms with van der Waals surface area (Å²) in [5.74, 6) is 1.77. The van der Waals surface area contributed by atoms with Gasteiger partial charge in [0.15, 0.2) is 17.1 Å². The molecule has 0 spiro atoms. The fraction of sp³-hybridized carbons (Fsp3) is 0.154. The van der Waals surface area contributed by atoms with Crippen LogP contribution < -0.4 is 20.7 Å². The molecule has 0 aliphatic carbocycles. The van der Waals surface area contributed by atoms with Gasteiger partial charge in [0.05, 0.1) is 0 Å². The zero-order valence-electron chi connectivity index (χ0n) is 10.7. The molecule has 3 heterocycles. The third-order valence-corrected chi connectivity index (χ3v) is 3.21. The molecule has 8 nitrogen and oxygen atoms in total. The van der Waals surface area contributed by atoms with Gasteiger partial charge in [-0.25, -0.2) is 9.78 Å². The predicted molar refractivity (Wildman–Crippen MR) is 73.8 cm³/mol. The molecule has 106 valence electrons. The van der Waals surface area contributed by atoms with E-state index < -0.39 is 11.2 Å². The van der Waals surface area contributed by atoms with Crippen molar-refractivity contribution in [3.8, 4) is 22.9 Å². The summed E-state index contributed by atoms with van der Waals surface area (Å²) < 4.78 is 11.0. The fourth-order valence-corrected chi connectivity index (χ4v) is 2.26. The Morgan fingerprint density at radius 3 is 2.67 bits per heavy atom. The number of rotatable bonds is 1. The lowest BCUT2D eigenvalue weighted by molar-refractivity contribution is 0.171. The summed E-state index contributed by atoms with van der Waals surface area (Å²) in [6, 6.07) is 5.36. The zero-order chi connectivity index (χ0) is 14.4. The summed E-state index contributed by atoms with van der Waals surface area (Å²) in [4.78, 5) is 34.7. The first-order valence-corrected chi connectivity index (χ1v) is 6.33. The summed E-state index contributed by atoms with van der Waals surface area (Å²) >= 11 is 0. The number of aromatic nitrogens is 4. The summed E-state index contributed by atoms with van der Waals surface area (Å²) in [6.07, 6.45) is 0. The van der Waals surface area contributed by atoms with Gasteiger partial charge < -0.3 is 14.5 Å². The van der Waals surface area contributed by atoms with Crippen molar-refractivity contribution in [1.29, 1.82) is 0 Å². The van der Waals surface area contributed by atoms with Gasteiger partial charge in [0.2, 0.25) is 0 Å². The molecular formula is C13H10N4O4. The van der Waals surface area contributed by atoms with E-state index in [1.54, 1.807) is 18.2 Å². The van der Waals surface area contributed by atoms with Gasteiger partial charge in [0.1, 0.15) is 24.6 Å². The van der Waals surface area contributed by atoms with E-state index in [1.807, 2.05) is 0 Å². The summed E-state index contributed by atoms with van der Waals surface area (Å²) in [5.41, 5.74) is 0.0709. The Bertz CT molecular complexity index is 953. The van der Waals surface area contributed by atoms with Gasteiger partial charge in [-0.2, -0.15) is 0 Å². The topological polar surface area (TPSA) is 113 Å². The highest BCUT2D eigenvalue weighted by atomic mass is 16.6. The second-order valence-electron chi connectivity index (χ2n) is 4.58. The highest BCUT2D eigenvalue weighted by molar-refractivity contribution is 5.75. The Labute approximate surface area is 116 Å². The Morgan fingerprint density at radius 1 is 1.00 bits per heavy atom. The number of nitrogens with one attached hydrogen (secondary N) is 3. The molecule has 0 amide bonds. The van der Waals surface area contributed by atoms with E-state index in [-0.39, 0.29) is 11.2 Å². The fourth-order valence-electron chi connectivity index (χ4n) is 2.26. The number of ether oxygens (including phenoxy) is 2. The molecule has 0 fully saturated rings. The van der Waals surface area contributed by atoms with Crippen LogP contribution in [-0.2, 0) is 0 Å². The van der Waals surface area contributed by atoms with Crippen molar-refractivity contribution >= 4 is 11.2 Å². The normalized spacial score (nSPS) is 13.5. The molecule has 0 unspecified atom stereocenters. The van der Waals surface area contributed by atoms with E-state index in [0.717, 1.165) is 5.56 Å². The first-order chi connectivity index (χ1) is 10.2. The SMILES string of the molecule is O=c1[nH]c(=O)c2[nH]c(-c3ccc4c(c3)OCCO4)nc2[nH]1. The van der Waals surface area contributed by atoms with E-state index in [9.17, 15) is 9.59 Å². The van der Waals surface area contributed by atoms with E-state index in [2.05, 4.69) is 19.9 Å². The zero-order valence-corrected chi connectivity index (χ0v) is 10.7. The maximum absolute atomic E-state index is 11.7. The minimum absolute atomic E-state index is 0.216. The average molecular weight is 286 g/mol. The smallest absolute Gasteiger partial charge is 0.327 e. The number of fused-ring (bicyclic) bond motifs is 2. The van der Waals surface area contributed by atoms with Gasteiger partial charge in [-0.15, -0.1) is 0 Å². The van der Waals surface area contributed by atoms with Crippen molar-refractivity contribution in [2.45, 2.75) is 0 Å². The Kier molecular flexibility index (Phi) is 2.37. The van der Waals surface area contributed by atoms with Crippen LogP contribution >= 0.6 is 0 Å². The number of benzene rings is 1. The molecule has 2 aromatic heterocycles. The van der Waals surface area contributed by atoms with E-state index in [1.165, 1.54) is 0 Å². The van der Waals surface area contributed by atoms with Crippen molar-refractivity contribution in [2.24, 2.45) is 0 Å². The quantitative estimate of drug-likeness (QED) is 0.598. The highest BCUT2D eigenvalue weighted by Crippen LogP contribution is 2.33. The molecule has 3 aromatic rings. The molecule has 0 saturated heterocycles. The number of aromatic amines is 3. The molecule has 1 aromatic carbocycles. The van der Waals surface area contributed by atoms with Gasteiger partial charge >= 0.3 is 5.69 Å². The van der Waals surface area contributed by atoms with Crippen molar-refractivity contribution in [2.75, 3.05) is 13.2 Å². The lowest BCUT2D eigenvalue weighted by Gasteiger charge is -2.18. The lowest BCUT2D eigenvalue weighted by atomic mass is 10.2. The van der Waals surface area contributed by atoms with E-state index in [0.29, 0.717) is 30.5 Å². The summed E-state index contributed by atoms with van der Waals surface area (Å²) in [6.45, 7) is 1.01. The number of nitrogens with zero attached hydrogens (tertiary/aromatic N) is 1. The van der Waals surface area contributed by atoms with Gasteiger partial charge in [-0.3, -0.25) is 14.8 Å². The third kappa shape index (κ3) is 1.88. The van der Waals surface area contributed by atoms with Crippen LogP contribution in [-0.4, -0.2) is 33.1 Å². The molecular weight excluding hydrogens is 276 g/mol. The van der Waals surface area contributed by atoms with Gasteiger partial charge in [0, 0.05) is 5.56 Å². The van der Waals surface area contributed by atoms with Crippen LogP contribution in [0.1, 0.15) is 0 Å². The second-order valence-corrected chi connectivity index (χ2v) is 4.58. The summed E-state index contributed by atoms with van der Waals surface area (Å²) in [7, 11) is 0. The molecule has 1 aliphatic heterocycles. The second kappa shape index (κ2) is 4.23. The van der Waals surface area contributed by atoms with Crippen molar-refractivity contribution in [1.82, 2.24) is 19.9 Å². The van der Waals surface area contributed by atoms with Crippen LogP contribution in [0.3, 0.4) is 0 Å². The van der Waals surface area contributed by atoms with Crippen LogP contribution in [0.15, 0.2) is 27.8 Å². The minimum atomic E-state index is -0.590. The molecule has 8 heteroatoms. The Morgan fingerprint density at radius 2 is 1.81 bits per heavy atom. The number of H-pyrrole nitrogens is 3. The molecule has 0 radical (unpaired) electrons. The first-order valence-electron chi connectivity index (χ1n) is 6.33. The molecule has 0 bridgehead atoms. The number of hydrogen-bond acceptors (Lipinski definition) is 5. The van der Waals surface area contributed by atoms with Crippen LogP contribution in [0.2, 0.25) is 0 Å². The molecule has 0 atom stereocenters. The van der Waals surface area contributed by atoms with Crippen molar-refractivity contribution in [3.63, 3.8) is 0 Å². The number of imidazole rings is 1. The molecule has 1 aliphatic rings. The maximum atomic E-state index is 11.7. The largest absolute Gasteiger partial charge is 0.486 e. The van der Waals surface area contributed by atoms with Crippen molar-refractivity contribution in [3.05, 3.63) is 39.0 Å². The summed E-state index contributed by atoms with van der Waals surface area (Å²) in [5, 5.41) is 0. The molecule has 21 heavy (non-hydrogen) atoms. The monoisotopic (exact) mass is 286 g/mol. The van der Waals surface area contributed by atoms with Crippen LogP contribution in [0.5, 0.6) is 11.5 Å². The van der Waals surface area contributed by atoms with Crippen molar-refractivity contribution < 1.29 is 9.47 Å².